The summed E-state index contributed by atoms with van der Waals surface area (Å²) in [7, 11) is 0. The zero-order chi connectivity index (χ0) is 17.4. The van der Waals surface area contributed by atoms with Gasteiger partial charge in [-0.05, 0) is 0 Å². The minimum atomic E-state index is -2.22. The van der Waals surface area contributed by atoms with Crippen LogP contribution in [0, 0.1) is 0 Å². The molecule has 0 saturated carbocycles. The zero-order valence-corrected chi connectivity index (χ0v) is 18.2. The van der Waals surface area contributed by atoms with E-state index in [0.29, 0.717) is 0 Å². The van der Waals surface area contributed by atoms with Crippen molar-refractivity contribution in [3.63, 3.8) is 0 Å². The Kier molecular flexibility index (Phi) is 8.37. The van der Waals surface area contributed by atoms with Crippen molar-refractivity contribution in [3.05, 3.63) is 0 Å². The molecule has 0 bridgehead atoms. The van der Waals surface area contributed by atoms with Gasteiger partial charge in [-0.3, -0.25) is 0 Å². The van der Waals surface area contributed by atoms with Crippen LogP contribution in [0.4, 0.5) is 0 Å². The van der Waals surface area contributed by atoms with Gasteiger partial charge in [-0.2, -0.15) is 0 Å². The molecule has 0 aromatic rings. The molecule has 2 saturated heterocycles. The predicted octanol–water partition coefficient (Wildman–Crippen LogP) is -6.31. The van der Waals surface area contributed by atoms with Crippen molar-refractivity contribution in [1.29, 1.82) is 0 Å². The van der Waals surface area contributed by atoms with E-state index in [1.165, 1.54) is 0 Å². The average molecular weight is 552 g/mol. The van der Waals surface area contributed by atoms with E-state index in [2.05, 4.69) is 0 Å². The molecule has 0 amide bonds. The van der Waals surface area contributed by atoms with Crippen LogP contribution in [0.1, 0.15) is 0 Å². The molecule has 0 aliphatic carbocycles. The molecular formula is C12H24O11Pb. The summed E-state index contributed by atoms with van der Waals surface area (Å²) in [5.41, 5.74) is 0. The third-order valence-corrected chi connectivity index (χ3v) is 4.07. The Balaban J connectivity index is 0.00000288. The number of rotatable bonds is 5. The summed E-state index contributed by atoms with van der Waals surface area (Å²) in [6, 6.07) is 0. The Bertz CT molecular complexity index is 399. The van der Waals surface area contributed by atoms with E-state index >= 15 is 0 Å². The van der Waals surface area contributed by atoms with E-state index in [9.17, 15) is 30.6 Å². The van der Waals surface area contributed by atoms with Gasteiger partial charge in [-0.1, -0.05) is 0 Å². The molecule has 9 atom stereocenters. The molecule has 0 unspecified atom stereocenters. The van der Waals surface area contributed by atoms with Crippen LogP contribution in [0.5, 0.6) is 0 Å². The van der Waals surface area contributed by atoms with Crippen molar-refractivity contribution in [3.8, 4) is 0 Å². The van der Waals surface area contributed by atoms with Crippen LogP contribution in [-0.4, -0.2) is 143 Å². The van der Waals surface area contributed by atoms with Crippen molar-refractivity contribution >= 4 is 27.3 Å². The van der Waals surface area contributed by atoms with Crippen LogP contribution in [0.2, 0.25) is 0 Å². The summed E-state index contributed by atoms with van der Waals surface area (Å²) in [5, 5.41) is 76.7. The fourth-order valence-electron chi connectivity index (χ4n) is 2.63. The van der Waals surface area contributed by atoms with Gasteiger partial charge in [0.1, 0.15) is 49.3 Å². The van der Waals surface area contributed by atoms with Gasteiger partial charge in [0.05, 0.1) is 13.2 Å². The number of aliphatic hydroxyl groups excluding tert-OH is 8. The maximum absolute atomic E-state index is 10.00. The number of aliphatic hydroxyl groups is 8. The van der Waals surface area contributed by atoms with Crippen molar-refractivity contribution < 1.29 is 55.1 Å². The van der Waals surface area contributed by atoms with Crippen molar-refractivity contribution in [2.75, 3.05) is 19.8 Å². The molecule has 0 spiro atoms. The first-order valence-corrected chi connectivity index (χ1v) is 7.05. The van der Waals surface area contributed by atoms with E-state index < -0.39 is 74.6 Å². The summed E-state index contributed by atoms with van der Waals surface area (Å²) >= 11 is 0. The van der Waals surface area contributed by atoms with E-state index in [-0.39, 0.29) is 27.3 Å². The molecular weight excluding hydrogens is 527 g/mol. The van der Waals surface area contributed by atoms with Crippen molar-refractivity contribution in [2.45, 2.75) is 54.8 Å². The molecule has 142 valence electrons. The molecule has 2 heterocycles. The summed E-state index contributed by atoms with van der Waals surface area (Å²) in [4.78, 5) is 0. The van der Waals surface area contributed by atoms with E-state index in [1.807, 2.05) is 0 Å². The molecule has 12 heteroatoms. The topological polar surface area (TPSA) is 190 Å². The zero-order valence-electron chi connectivity index (χ0n) is 12.7. The molecule has 0 aromatic heterocycles. The fourth-order valence-corrected chi connectivity index (χ4v) is 2.63. The first kappa shape index (κ1) is 22.5. The summed E-state index contributed by atoms with van der Waals surface area (Å²) in [6.07, 6.45) is -12.7. The van der Waals surface area contributed by atoms with Crippen LogP contribution in [0.25, 0.3) is 0 Å². The molecule has 2 aliphatic heterocycles. The van der Waals surface area contributed by atoms with Crippen LogP contribution in [0.15, 0.2) is 0 Å². The Morgan fingerprint density at radius 3 is 1.83 bits per heavy atom. The van der Waals surface area contributed by atoms with Gasteiger partial charge in [0.2, 0.25) is 5.79 Å². The first-order valence-electron chi connectivity index (χ1n) is 7.05. The fraction of sp³-hybridized carbons (Fsp3) is 1.00. The molecule has 0 aromatic carbocycles. The Morgan fingerprint density at radius 1 is 0.792 bits per heavy atom. The summed E-state index contributed by atoms with van der Waals surface area (Å²) < 4.78 is 15.4. The average Bonchev–Trinajstić information content (AvgIpc) is 2.80. The van der Waals surface area contributed by atoms with Gasteiger partial charge in [-0.15, -0.1) is 0 Å². The second-order valence-corrected chi connectivity index (χ2v) is 5.56. The van der Waals surface area contributed by atoms with Crippen LogP contribution in [0.3, 0.4) is 0 Å². The molecule has 2 aliphatic rings. The molecule has 8 N–H and O–H groups in total. The molecule has 24 heavy (non-hydrogen) atoms. The Hall–Kier alpha value is 0.482. The van der Waals surface area contributed by atoms with E-state index in [1.54, 1.807) is 0 Å². The van der Waals surface area contributed by atoms with E-state index in [0.717, 1.165) is 0 Å². The Morgan fingerprint density at radius 2 is 1.38 bits per heavy atom. The van der Waals surface area contributed by atoms with Gasteiger partial charge >= 0.3 is 27.3 Å². The van der Waals surface area contributed by atoms with Gasteiger partial charge in [0.25, 0.3) is 0 Å². The number of hydrogen-bond donors (Lipinski definition) is 8. The van der Waals surface area contributed by atoms with Gasteiger partial charge < -0.3 is 55.1 Å². The number of hydrogen-bond acceptors (Lipinski definition) is 11. The van der Waals surface area contributed by atoms with Crippen LogP contribution < -0.4 is 0 Å². The van der Waals surface area contributed by atoms with Crippen molar-refractivity contribution in [2.24, 2.45) is 0 Å². The quantitative estimate of drug-likeness (QED) is 0.152. The van der Waals surface area contributed by atoms with Crippen molar-refractivity contribution in [1.82, 2.24) is 0 Å². The SMILES string of the molecule is OC[C@H]1O[C@@](CO)(O[C@H]2O[C@H](CO)[C@@H](O)[C@H](O)[C@H]2O)[C@@H](O)[C@@H]1O.[PbH2]. The van der Waals surface area contributed by atoms with E-state index in [4.69, 9.17) is 24.4 Å². The van der Waals surface area contributed by atoms with Crippen LogP contribution >= 0.6 is 0 Å². The van der Waals surface area contributed by atoms with Crippen LogP contribution in [-0.2, 0) is 14.2 Å². The second-order valence-electron chi connectivity index (χ2n) is 5.56. The molecule has 2 rings (SSSR count). The molecule has 2 fully saturated rings. The normalized spacial score (nSPS) is 49.0. The maximum atomic E-state index is 10.00. The third-order valence-electron chi connectivity index (χ3n) is 4.07. The number of ether oxygens (including phenoxy) is 3. The Labute approximate surface area is 157 Å². The van der Waals surface area contributed by atoms with Gasteiger partial charge in [0, 0.05) is 0 Å². The standard InChI is InChI=1S/C12H22O11.Pb.2H/c13-1-4-6(16)8(18)9(19)11(21-4)23-12(3-15)10(20)7(17)5(2-14)22-12;;;/h4-11,13-20H,1-3H2;;;/t4-,5-,6-,7-,8+,9-,10+,11-,12+;;;/m1.../s1. The monoisotopic (exact) mass is 552 g/mol. The van der Waals surface area contributed by atoms with Gasteiger partial charge in [-0.25, -0.2) is 0 Å². The minimum absolute atomic E-state index is 0. The predicted molar refractivity (Wildman–Crippen MR) is 77.2 cm³/mol. The van der Waals surface area contributed by atoms with Gasteiger partial charge in [0.15, 0.2) is 6.29 Å². The first-order chi connectivity index (χ1) is 10.8. The molecule has 2 radical (unpaired) electrons. The second kappa shape index (κ2) is 8.92. The summed E-state index contributed by atoms with van der Waals surface area (Å²) in [6.45, 7) is -2.32. The molecule has 11 nitrogen and oxygen atoms in total. The third kappa shape index (κ3) is 3.91. The summed E-state index contributed by atoms with van der Waals surface area (Å²) in [5.74, 6) is -2.22.